The Kier molecular flexibility index (Phi) is 13.1. The third kappa shape index (κ3) is 6.58. The Hall–Kier alpha value is -0.120. The van der Waals surface area contributed by atoms with E-state index < -0.39 is 0 Å². The number of nitrogens with zero attached hydrogens (tertiary/aromatic N) is 1. The molecular formula is C9H23NO2. The molecule has 0 radical (unpaired) electrons. The second-order valence-electron chi connectivity index (χ2n) is 2.09. The summed E-state index contributed by atoms with van der Waals surface area (Å²) >= 11 is 0. The van der Waals surface area contributed by atoms with Crippen LogP contribution >= 0.6 is 0 Å². The van der Waals surface area contributed by atoms with E-state index in [1.54, 1.807) is 0 Å². The van der Waals surface area contributed by atoms with Crippen LogP contribution in [0.4, 0.5) is 0 Å². The van der Waals surface area contributed by atoms with Gasteiger partial charge >= 0.3 is 0 Å². The van der Waals surface area contributed by atoms with Crippen molar-refractivity contribution < 1.29 is 9.94 Å². The van der Waals surface area contributed by atoms with Gasteiger partial charge in [-0.1, -0.05) is 27.7 Å². The quantitative estimate of drug-likeness (QED) is 0.615. The molecule has 0 amide bonds. The summed E-state index contributed by atoms with van der Waals surface area (Å²) in [5.41, 5.74) is 0. The number of rotatable bonds is 0. The molecule has 1 aliphatic heterocycles. The molecule has 1 aliphatic rings. The van der Waals surface area contributed by atoms with Crippen LogP contribution in [0.2, 0.25) is 0 Å². The molecule has 1 fully saturated rings. The molecule has 1 rings (SSSR count). The van der Waals surface area contributed by atoms with E-state index in [0.717, 1.165) is 0 Å². The minimum atomic E-state index is 0.170. The van der Waals surface area contributed by atoms with Crippen molar-refractivity contribution in [3.05, 3.63) is 0 Å². The van der Waals surface area contributed by atoms with Gasteiger partial charge in [0.2, 0.25) is 0 Å². The fourth-order valence-electron chi connectivity index (χ4n) is 0.718. The lowest BCUT2D eigenvalue weighted by Crippen LogP contribution is -2.40. The van der Waals surface area contributed by atoms with Crippen molar-refractivity contribution in [3.8, 4) is 0 Å². The summed E-state index contributed by atoms with van der Waals surface area (Å²) < 4.78 is 5.05. The van der Waals surface area contributed by atoms with E-state index in [1.165, 1.54) is 5.06 Å². The van der Waals surface area contributed by atoms with Gasteiger partial charge in [0, 0.05) is 6.54 Å². The topological polar surface area (TPSA) is 32.7 Å². The van der Waals surface area contributed by atoms with Gasteiger partial charge in [-0.2, -0.15) is 5.06 Å². The van der Waals surface area contributed by atoms with E-state index in [2.05, 4.69) is 0 Å². The second kappa shape index (κ2) is 10.9. The molecule has 12 heavy (non-hydrogen) atoms. The molecule has 0 aromatic heterocycles. The molecule has 1 heterocycles. The van der Waals surface area contributed by atoms with Crippen molar-refractivity contribution in [2.24, 2.45) is 0 Å². The summed E-state index contributed by atoms with van der Waals surface area (Å²) in [6.07, 6.45) is 0. The minimum Gasteiger partial charge on any atom is -0.378 e. The molecule has 0 spiro atoms. The molecule has 0 aromatic rings. The predicted octanol–water partition coefficient (Wildman–Crippen LogP) is 2.15. The zero-order valence-electron chi connectivity index (χ0n) is 9.00. The molecule has 1 saturated heterocycles. The van der Waals surface area contributed by atoms with Crippen LogP contribution in [-0.2, 0) is 4.74 Å². The zero-order chi connectivity index (χ0) is 9.98. The van der Waals surface area contributed by atoms with Crippen LogP contribution < -0.4 is 0 Å². The van der Waals surface area contributed by atoms with Crippen LogP contribution in [-0.4, -0.2) is 36.1 Å². The molecule has 3 nitrogen and oxygen atoms in total. The summed E-state index contributed by atoms with van der Waals surface area (Å²) in [7, 11) is 0. The molecule has 0 aliphatic carbocycles. The highest BCUT2D eigenvalue weighted by atomic mass is 16.5. The Bertz CT molecular complexity index is 68.9. The van der Waals surface area contributed by atoms with E-state index in [4.69, 9.17) is 9.94 Å². The highest BCUT2D eigenvalue weighted by Crippen LogP contribution is 2.00. The third-order valence-electron chi connectivity index (χ3n) is 1.33. The van der Waals surface area contributed by atoms with Crippen molar-refractivity contribution in [2.45, 2.75) is 40.7 Å². The van der Waals surface area contributed by atoms with Crippen LogP contribution in [0, 0.1) is 0 Å². The van der Waals surface area contributed by atoms with Gasteiger partial charge in [0.1, 0.15) is 0 Å². The predicted molar refractivity (Wildman–Crippen MR) is 51.5 cm³/mol. The van der Waals surface area contributed by atoms with E-state index in [0.29, 0.717) is 19.8 Å². The van der Waals surface area contributed by atoms with Crippen LogP contribution in [0.15, 0.2) is 0 Å². The van der Waals surface area contributed by atoms with Gasteiger partial charge in [-0.3, -0.25) is 0 Å². The van der Waals surface area contributed by atoms with E-state index in [-0.39, 0.29) is 6.04 Å². The van der Waals surface area contributed by atoms with Crippen LogP contribution in [0.3, 0.4) is 0 Å². The number of morpholine rings is 1. The first kappa shape index (κ1) is 14.4. The average molecular weight is 177 g/mol. The number of hydroxylamine groups is 2. The minimum absolute atomic E-state index is 0.170. The molecule has 76 valence electrons. The van der Waals surface area contributed by atoms with Crippen molar-refractivity contribution in [3.63, 3.8) is 0 Å². The lowest BCUT2D eigenvalue weighted by atomic mass is 10.3. The molecule has 1 atom stereocenters. The van der Waals surface area contributed by atoms with Crippen molar-refractivity contribution >= 4 is 0 Å². The van der Waals surface area contributed by atoms with E-state index in [9.17, 15) is 0 Å². The number of hydrogen-bond acceptors (Lipinski definition) is 3. The monoisotopic (exact) mass is 177 g/mol. The van der Waals surface area contributed by atoms with Gasteiger partial charge < -0.3 is 9.94 Å². The first-order valence-corrected chi connectivity index (χ1v) is 4.84. The second-order valence-corrected chi connectivity index (χ2v) is 2.09. The normalized spacial score (nSPS) is 23.0. The van der Waals surface area contributed by atoms with Crippen LogP contribution in [0.1, 0.15) is 34.6 Å². The maximum Gasteiger partial charge on any atom is 0.0643 e. The summed E-state index contributed by atoms with van der Waals surface area (Å²) in [5, 5.41) is 10.2. The Morgan fingerprint density at radius 3 is 2.00 bits per heavy atom. The van der Waals surface area contributed by atoms with E-state index >= 15 is 0 Å². The standard InChI is InChI=1S/C5H11NO2.2C2H6/c1-5-4-8-3-2-6(5)7;2*1-2/h5,7H,2-4H2,1H3;2*1-2H3. The first-order chi connectivity index (χ1) is 5.80. The summed E-state index contributed by atoms with van der Waals surface area (Å²) in [5.74, 6) is 0. The largest absolute Gasteiger partial charge is 0.378 e. The van der Waals surface area contributed by atoms with Gasteiger partial charge in [-0.05, 0) is 6.92 Å². The average Bonchev–Trinajstić information content (AvgIpc) is 2.17. The lowest BCUT2D eigenvalue weighted by molar-refractivity contribution is -0.175. The maximum atomic E-state index is 8.93. The van der Waals surface area contributed by atoms with Crippen molar-refractivity contribution in [1.29, 1.82) is 0 Å². The highest BCUT2D eigenvalue weighted by Gasteiger charge is 2.15. The Morgan fingerprint density at radius 2 is 1.75 bits per heavy atom. The van der Waals surface area contributed by atoms with Gasteiger partial charge in [0.05, 0.1) is 19.3 Å². The Balaban J connectivity index is 0. The fraction of sp³-hybridized carbons (Fsp3) is 1.00. The third-order valence-corrected chi connectivity index (χ3v) is 1.33. The molecule has 0 aromatic carbocycles. The SMILES string of the molecule is CC.CC.CC1COCCN1O. The fourth-order valence-corrected chi connectivity index (χ4v) is 0.718. The first-order valence-electron chi connectivity index (χ1n) is 4.84. The van der Waals surface area contributed by atoms with Crippen LogP contribution in [0.25, 0.3) is 0 Å². The van der Waals surface area contributed by atoms with Crippen LogP contribution in [0.5, 0.6) is 0 Å². The summed E-state index contributed by atoms with van der Waals surface area (Å²) in [4.78, 5) is 0. The molecule has 1 unspecified atom stereocenters. The lowest BCUT2D eigenvalue weighted by Gasteiger charge is -2.26. The molecule has 0 saturated carbocycles. The maximum absolute atomic E-state index is 8.93. The highest BCUT2D eigenvalue weighted by molar-refractivity contribution is 4.61. The van der Waals surface area contributed by atoms with Crippen molar-refractivity contribution in [2.75, 3.05) is 19.8 Å². The van der Waals surface area contributed by atoms with Crippen molar-refractivity contribution in [1.82, 2.24) is 5.06 Å². The molecule has 3 heteroatoms. The number of hydrogen-bond donors (Lipinski definition) is 1. The van der Waals surface area contributed by atoms with Gasteiger partial charge in [0.25, 0.3) is 0 Å². The zero-order valence-corrected chi connectivity index (χ0v) is 9.00. The Labute approximate surface area is 76.3 Å². The summed E-state index contributed by atoms with van der Waals surface area (Å²) in [6, 6.07) is 0.170. The molecule has 1 N–H and O–H groups in total. The number of ether oxygens (including phenoxy) is 1. The molecular weight excluding hydrogens is 154 g/mol. The van der Waals surface area contributed by atoms with Gasteiger partial charge in [-0.25, -0.2) is 0 Å². The van der Waals surface area contributed by atoms with Gasteiger partial charge in [0.15, 0.2) is 0 Å². The Morgan fingerprint density at radius 1 is 1.25 bits per heavy atom. The smallest absolute Gasteiger partial charge is 0.0643 e. The molecule has 0 bridgehead atoms. The summed E-state index contributed by atoms with van der Waals surface area (Å²) in [6.45, 7) is 11.9. The van der Waals surface area contributed by atoms with E-state index in [1.807, 2.05) is 34.6 Å². The van der Waals surface area contributed by atoms with Gasteiger partial charge in [-0.15, -0.1) is 0 Å².